The summed E-state index contributed by atoms with van der Waals surface area (Å²) in [7, 11) is 1.71. The molecule has 0 aromatic heterocycles. The molecule has 0 atom stereocenters. The van der Waals surface area contributed by atoms with Crippen LogP contribution < -0.4 is 4.74 Å². The second kappa shape index (κ2) is 8.28. The molecule has 1 aliphatic carbocycles. The first-order chi connectivity index (χ1) is 10.7. The highest BCUT2D eigenvalue weighted by atomic mass is 19.2. The molecule has 0 unspecified atom stereocenters. The minimum Gasteiger partial charge on any atom is -0.462 e. The van der Waals surface area contributed by atoms with Crippen LogP contribution in [0.15, 0.2) is 24.5 Å². The molecule has 1 aliphatic rings. The normalized spacial score (nSPS) is 22.2. The molecule has 1 saturated carbocycles. The van der Waals surface area contributed by atoms with Gasteiger partial charge in [0.1, 0.15) is 0 Å². The van der Waals surface area contributed by atoms with E-state index in [1.807, 2.05) is 0 Å². The zero-order valence-corrected chi connectivity index (χ0v) is 13.3. The highest BCUT2D eigenvalue weighted by molar-refractivity contribution is 5.33. The van der Waals surface area contributed by atoms with Crippen molar-refractivity contribution in [2.75, 3.05) is 13.7 Å². The van der Waals surface area contributed by atoms with Gasteiger partial charge in [0.25, 0.3) is 0 Å². The van der Waals surface area contributed by atoms with Gasteiger partial charge >= 0.3 is 0 Å². The molecule has 0 radical (unpaired) electrons. The Morgan fingerprint density at radius 2 is 1.86 bits per heavy atom. The van der Waals surface area contributed by atoms with Crippen molar-refractivity contribution >= 4 is 0 Å². The van der Waals surface area contributed by atoms with Gasteiger partial charge in [-0.05, 0) is 62.5 Å². The summed E-state index contributed by atoms with van der Waals surface area (Å²) >= 11 is 0. The summed E-state index contributed by atoms with van der Waals surface area (Å²) in [4.78, 5) is 0. The van der Waals surface area contributed by atoms with Crippen LogP contribution in [0.25, 0.3) is 0 Å². The largest absolute Gasteiger partial charge is 0.462 e. The molecule has 0 amide bonds. The number of rotatable bonds is 6. The van der Waals surface area contributed by atoms with Crippen LogP contribution in [0.3, 0.4) is 0 Å². The Morgan fingerprint density at radius 3 is 2.50 bits per heavy atom. The van der Waals surface area contributed by atoms with Gasteiger partial charge in [-0.3, -0.25) is 0 Å². The zero-order valence-electron chi connectivity index (χ0n) is 13.3. The third-order valence-corrected chi connectivity index (χ3v) is 4.42. The standard InChI is InChI=1S/C18H24F2O2/c1-3-11-22-16-9-8-15(17(19)18(16)20)14-6-4-13(5-7-14)10-12-21-2/h3,8-9,11,13-14H,4-7,10,12H2,1-2H3. The zero-order chi connectivity index (χ0) is 15.9. The first-order valence-corrected chi connectivity index (χ1v) is 7.92. The van der Waals surface area contributed by atoms with Gasteiger partial charge in [0.05, 0.1) is 6.26 Å². The van der Waals surface area contributed by atoms with E-state index < -0.39 is 11.6 Å². The molecule has 0 bridgehead atoms. The van der Waals surface area contributed by atoms with Gasteiger partial charge in [-0.15, -0.1) is 0 Å². The van der Waals surface area contributed by atoms with Crippen molar-refractivity contribution in [1.29, 1.82) is 0 Å². The highest BCUT2D eigenvalue weighted by Crippen LogP contribution is 2.39. The van der Waals surface area contributed by atoms with Crippen LogP contribution in [0.5, 0.6) is 5.75 Å². The van der Waals surface area contributed by atoms with Crippen LogP contribution >= 0.6 is 0 Å². The fraction of sp³-hybridized carbons (Fsp3) is 0.556. The molecule has 1 aromatic rings. The maximum absolute atomic E-state index is 14.3. The van der Waals surface area contributed by atoms with E-state index in [1.165, 1.54) is 12.3 Å². The summed E-state index contributed by atoms with van der Waals surface area (Å²) < 4.78 is 38.5. The lowest BCUT2D eigenvalue weighted by molar-refractivity contribution is 0.162. The van der Waals surface area contributed by atoms with E-state index in [0.717, 1.165) is 38.7 Å². The lowest BCUT2D eigenvalue weighted by atomic mass is 9.77. The quantitative estimate of drug-likeness (QED) is 0.673. The van der Waals surface area contributed by atoms with E-state index >= 15 is 0 Å². The Labute approximate surface area is 131 Å². The maximum atomic E-state index is 14.3. The fourth-order valence-corrected chi connectivity index (χ4v) is 3.14. The van der Waals surface area contributed by atoms with Crippen LogP contribution in [0, 0.1) is 17.6 Å². The third kappa shape index (κ3) is 4.07. The van der Waals surface area contributed by atoms with E-state index in [1.54, 1.807) is 26.2 Å². The van der Waals surface area contributed by atoms with E-state index in [4.69, 9.17) is 9.47 Å². The topological polar surface area (TPSA) is 18.5 Å². The molecule has 4 heteroatoms. The Bertz CT molecular complexity index is 506. The van der Waals surface area contributed by atoms with Gasteiger partial charge in [0.15, 0.2) is 11.6 Å². The van der Waals surface area contributed by atoms with Crippen LogP contribution in [0.2, 0.25) is 0 Å². The predicted molar refractivity (Wildman–Crippen MR) is 83.0 cm³/mol. The number of hydrogen-bond acceptors (Lipinski definition) is 2. The average Bonchev–Trinajstić information content (AvgIpc) is 2.55. The van der Waals surface area contributed by atoms with Gasteiger partial charge in [0.2, 0.25) is 5.82 Å². The number of hydrogen-bond donors (Lipinski definition) is 0. The Hall–Kier alpha value is -1.42. The maximum Gasteiger partial charge on any atom is 0.201 e. The summed E-state index contributed by atoms with van der Waals surface area (Å²) in [5, 5.41) is 0. The molecular weight excluding hydrogens is 286 g/mol. The summed E-state index contributed by atoms with van der Waals surface area (Å²) in [6.45, 7) is 2.53. The number of halogens is 2. The summed E-state index contributed by atoms with van der Waals surface area (Å²) in [6, 6.07) is 3.18. The Kier molecular flexibility index (Phi) is 6.37. The lowest BCUT2D eigenvalue weighted by Gasteiger charge is -2.29. The molecule has 0 saturated heterocycles. The van der Waals surface area contributed by atoms with Crippen molar-refractivity contribution in [3.63, 3.8) is 0 Å². The van der Waals surface area contributed by atoms with Crippen molar-refractivity contribution in [2.24, 2.45) is 5.92 Å². The first kappa shape index (κ1) is 16.9. The summed E-state index contributed by atoms with van der Waals surface area (Å²) in [6.07, 6.45) is 7.93. The highest BCUT2D eigenvalue weighted by Gasteiger charge is 2.26. The van der Waals surface area contributed by atoms with Crippen LogP contribution in [-0.4, -0.2) is 13.7 Å². The molecule has 0 aliphatic heterocycles. The van der Waals surface area contributed by atoms with E-state index in [0.29, 0.717) is 11.5 Å². The smallest absolute Gasteiger partial charge is 0.201 e. The van der Waals surface area contributed by atoms with Gasteiger partial charge in [-0.1, -0.05) is 12.1 Å². The van der Waals surface area contributed by atoms with Gasteiger partial charge in [-0.2, -0.15) is 4.39 Å². The predicted octanol–water partition coefficient (Wildman–Crippen LogP) is 5.19. The molecule has 2 rings (SSSR count). The molecule has 122 valence electrons. The first-order valence-electron chi connectivity index (χ1n) is 7.92. The number of methoxy groups -OCH3 is 1. The fourth-order valence-electron chi connectivity index (χ4n) is 3.14. The van der Waals surface area contributed by atoms with Crippen molar-refractivity contribution in [3.8, 4) is 5.75 Å². The van der Waals surface area contributed by atoms with E-state index in [-0.39, 0.29) is 11.7 Å². The monoisotopic (exact) mass is 310 g/mol. The number of ether oxygens (including phenoxy) is 2. The number of allylic oxidation sites excluding steroid dienone is 1. The Morgan fingerprint density at radius 1 is 1.14 bits per heavy atom. The van der Waals surface area contributed by atoms with Crippen LogP contribution in [-0.2, 0) is 4.74 Å². The van der Waals surface area contributed by atoms with E-state index in [2.05, 4.69) is 0 Å². The molecular formula is C18H24F2O2. The number of benzene rings is 1. The van der Waals surface area contributed by atoms with Crippen molar-refractivity contribution in [2.45, 2.75) is 44.9 Å². The third-order valence-electron chi connectivity index (χ3n) is 4.42. The molecule has 0 N–H and O–H groups in total. The van der Waals surface area contributed by atoms with Crippen molar-refractivity contribution in [1.82, 2.24) is 0 Å². The average molecular weight is 310 g/mol. The van der Waals surface area contributed by atoms with E-state index in [9.17, 15) is 8.78 Å². The molecule has 22 heavy (non-hydrogen) atoms. The lowest BCUT2D eigenvalue weighted by Crippen LogP contribution is -2.16. The molecule has 1 aromatic carbocycles. The van der Waals surface area contributed by atoms with Gasteiger partial charge in [0, 0.05) is 13.7 Å². The van der Waals surface area contributed by atoms with Gasteiger partial charge in [-0.25, -0.2) is 4.39 Å². The Balaban J connectivity index is 2.03. The van der Waals surface area contributed by atoms with Crippen LogP contribution in [0.4, 0.5) is 8.78 Å². The van der Waals surface area contributed by atoms with Crippen molar-refractivity contribution < 1.29 is 18.3 Å². The molecule has 0 spiro atoms. The molecule has 1 fully saturated rings. The summed E-state index contributed by atoms with van der Waals surface area (Å²) in [5.41, 5.74) is 0.482. The van der Waals surface area contributed by atoms with Crippen molar-refractivity contribution in [3.05, 3.63) is 41.7 Å². The SMILES string of the molecule is CC=COc1ccc(C2CCC(CCOC)CC2)c(F)c1F. The summed E-state index contributed by atoms with van der Waals surface area (Å²) in [5.74, 6) is -0.974. The second-order valence-electron chi connectivity index (χ2n) is 5.87. The molecule has 0 heterocycles. The minimum atomic E-state index is -0.892. The second-order valence-corrected chi connectivity index (χ2v) is 5.87. The molecule has 2 nitrogen and oxygen atoms in total. The minimum absolute atomic E-state index is 0.0619. The van der Waals surface area contributed by atoms with Gasteiger partial charge < -0.3 is 9.47 Å². The van der Waals surface area contributed by atoms with Crippen LogP contribution in [0.1, 0.15) is 50.5 Å².